The zero-order chi connectivity index (χ0) is 15.5. The van der Waals surface area contributed by atoms with Gasteiger partial charge in [0.25, 0.3) is 0 Å². The highest BCUT2D eigenvalue weighted by Gasteiger charge is 2.38. The molecule has 2 N–H and O–H groups in total. The van der Waals surface area contributed by atoms with Gasteiger partial charge in [0.2, 0.25) is 10.0 Å². The van der Waals surface area contributed by atoms with Crippen molar-refractivity contribution in [2.75, 3.05) is 37.0 Å². The second-order valence-electron chi connectivity index (χ2n) is 5.67. The topological polar surface area (TPSA) is 72.6 Å². The molecule has 0 aromatic heterocycles. The van der Waals surface area contributed by atoms with Crippen LogP contribution in [0.1, 0.15) is 13.8 Å². The largest absolute Gasteiger partial charge is 0.399 e. The second kappa shape index (κ2) is 6.56. The molecule has 1 aromatic carbocycles. The first-order valence-corrected chi connectivity index (χ1v) is 9.47. The number of nitrogens with zero attached hydrogens (tertiary/aromatic N) is 1. The summed E-state index contributed by atoms with van der Waals surface area (Å²) >= 11 is 1.53. The predicted octanol–water partition coefficient (Wildman–Crippen LogP) is 1.80. The van der Waals surface area contributed by atoms with Crippen molar-refractivity contribution < 1.29 is 13.2 Å². The highest BCUT2D eigenvalue weighted by Crippen LogP contribution is 2.25. The van der Waals surface area contributed by atoms with Crippen LogP contribution in [-0.4, -0.2) is 49.5 Å². The van der Waals surface area contributed by atoms with Gasteiger partial charge in [-0.1, -0.05) is 0 Å². The van der Waals surface area contributed by atoms with Gasteiger partial charge >= 0.3 is 0 Å². The second-order valence-corrected chi connectivity index (χ2v) is 8.85. The van der Waals surface area contributed by atoms with Crippen molar-refractivity contribution >= 4 is 27.5 Å². The SMILES string of the molecule is CC1(C)COCCN1S(=O)(=O)CCSc1ccc(N)cc1. The van der Waals surface area contributed by atoms with Gasteiger partial charge in [-0.25, -0.2) is 8.42 Å². The monoisotopic (exact) mass is 330 g/mol. The van der Waals surface area contributed by atoms with Crippen LogP contribution in [0.15, 0.2) is 29.2 Å². The maximum absolute atomic E-state index is 12.5. The summed E-state index contributed by atoms with van der Waals surface area (Å²) in [7, 11) is -3.26. The number of thioether (sulfide) groups is 1. The van der Waals surface area contributed by atoms with E-state index in [1.165, 1.54) is 11.8 Å². The van der Waals surface area contributed by atoms with Crippen LogP contribution in [0.4, 0.5) is 5.69 Å². The Hall–Kier alpha value is -0.760. The van der Waals surface area contributed by atoms with Crippen LogP contribution in [0.2, 0.25) is 0 Å². The summed E-state index contributed by atoms with van der Waals surface area (Å²) in [6.07, 6.45) is 0. The van der Waals surface area contributed by atoms with Gasteiger partial charge in [0.05, 0.1) is 24.5 Å². The van der Waals surface area contributed by atoms with E-state index in [-0.39, 0.29) is 5.75 Å². The van der Waals surface area contributed by atoms with E-state index in [0.717, 1.165) is 4.90 Å². The molecule has 0 spiro atoms. The first-order valence-electron chi connectivity index (χ1n) is 6.88. The zero-order valence-electron chi connectivity index (χ0n) is 12.4. The Morgan fingerprint density at radius 1 is 1.33 bits per heavy atom. The molecule has 1 saturated heterocycles. The van der Waals surface area contributed by atoms with Crippen LogP contribution in [-0.2, 0) is 14.8 Å². The minimum absolute atomic E-state index is 0.130. The lowest BCUT2D eigenvalue weighted by molar-refractivity contribution is -0.00760. The van der Waals surface area contributed by atoms with Crippen molar-refractivity contribution in [2.24, 2.45) is 0 Å². The number of hydrogen-bond donors (Lipinski definition) is 1. The van der Waals surface area contributed by atoms with E-state index in [1.54, 1.807) is 4.31 Å². The number of ether oxygens (including phenoxy) is 1. The molecule has 7 heteroatoms. The van der Waals surface area contributed by atoms with Crippen molar-refractivity contribution in [2.45, 2.75) is 24.3 Å². The first kappa shape index (κ1) is 16.6. The molecule has 1 aliphatic heterocycles. The number of hydrogen-bond acceptors (Lipinski definition) is 5. The number of anilines is 1. The highest BCUT2D eigenvalue weighted by molar-refractivity contribution is 8.00. The Morgan fingerprint density at radius 2 is 2.00 bits per heavy atom. The average Bonchev–Trinajstić information content (AvgIpc) is 2.40. The van der Waals surface area contributed by atoms with Gasteiger partial charge in [0.1, 0.15) is 0 Å². The Morgan fingerprint density at radius 3 is 2.62 bits per heavy atom. The van der Waals surface area contributed by atoms with Gasteiger partial charge in [-0.2, -0.15) is 4.31 Å². The van der Waals surface area contributed by atoms with Crippen molar-refractivity contribution in [1.82, 2.24) is 4.31 Å². The Labute approximate surface area is 130 Å². The molecule has 1 aromatic rings. The summed E-state index contributed by atoms with van der Waals surface area (Å²) in [5.41, 5.74) is 5.87. The maximum atomic E-state index is 12.5. The van der Waals surface area contributed by atoms with Crippen LogP contribution in [0.3, 0.4) is 0 Å². The van der Waals surface area contributed by atoms with Crippen LogP contribution in [0.5, 0.6) is 0 Å². The molecule has 0 atom stereocenters. The minimum Gasteiger partial charge on any atom is -0.399 e. The van der Waals surface area contributed by atoms with Crippen molar-refractivity contribution in [3.63, 3.8) is 0 Å². The molecule has 0 bridgehead atoms. The lowest BCUT2D eigenvalue weighted by Crippen LogP contribution is -2.56. The third kappa shape index (κ3) is 4.35. The third-order valence-corrected chi connectivity index (χ3v) is 6.74. The van der Waals surface area contributed by atoms with Gasteiger partial charge in [0.15, 0.2) is 0 Å². The first-order chi connectivity index (χ1) is 9.81. The lowest BCUT2D eigenvalue weighted by Gasteiger charge is -2.40. The summed E-state index contributed by atoms with van der Waals surface area (Å²) in [5, 5.41) is 0. The average molecular weight is 330 g/mol. The zero-order valence-corrected chi connectivity index (χ0v) is 14.0. The summed E-state index contributed by atoms with van der Waals surface area (Å²) in [4.78, 5) is 1.03. The van der Waals surface area contributed by atoms with E-state index in [0.29, 0.717) is 31.2 Å². The maximum Gasteiger partial charge on any atom is 0.215 e. The molecule has 0 radical (unpaired) electrons. The fourth-order valence-corrected chi connectivity index (χ4v) is 5.42. The van der Waals surface area contributed by atoms with E-state index >= 15 is 0 Å². The molecule has 0 amide bonds. The fourth-order valence-electron chi connectivity index (χ4n) is 2.30. The third-order valence-electron chi connectivity index (χ3n) is 3.40. The smallest absolute Gasteiger partial charge is 0.215 e. The van der Waals surface area contributed by atoms with Crippen LogP contribution < -0.4 is 5.73 Å². The number of nitrogen functional groups attached to an aromatic ring is 1. The van der Waals surface area contributed by atoms with Crippen molar-refractivity contribution in [3.8, 4) is 0 Å². The lowest BCUT2D eigenvalue weighted by atomic mass is 10.1. The molecule has 118 valence electrons. The van der Waals surface area contributed by atoms with Gasteiger partial charge in [-0.3, -0.25) is 0 Å². The summed E-state index contributed by atoms with van der Waals surface area (Å²) < 4.78 is 31.9. The Balaban J connectivity index is 1.93. The van der Waals surface area contributed by atoms with E-state index in [9.17, 15) is 8.42 Å². The fraction of sp³-hybridized carbons (Fsp3) is 0.571. The quantitative estimate of drug-likeness (QED) is 0.658. The number of sulfonamides is 1. The molecule has 0 aliphatic carbocycles. The molecule has 1 heterocycles. The standard InChI is InChI=1S/C14H22N2O3S2/c1-14(2)11-19-8-7-16(14)21(17,18)10-9-20-13-5-3-12(15)4-6-13/h3-6H,7-11,15H2,1-2H3. The molecule has 21 heavy (non-hydrogen) atoms. The van der Waals surface area contributed by atoms with Crippen LogP contribution in [0.25, 0.3) is 0 Å². The Kier molecular flexibility index (Phi) is 5.19. The number of morpholine rings is 1. The number of nitrogens with two attached hydrogens (primary N) is 1. The normalized spacial score (nSPS) is 19.5. The molecule has 5 nitrogen and oxygen atoms in total. The van der Waals surface area contributed by atoms with E-state index in [4.69, 9.17) is 10.5 Å². The summed E-state index contributed by atoms with van der Waals surface area (Å²) in [6, 6.07) is 7.46. The van der Waals surface area contributed by atoms with E-state index in [2.05, 4.69) is 0 Å². The minimum atomic E-state index is -3.26. The summed E-state index contributed by atoms with van der Waals surface area (Å²) in [5.74, 6) is 0.658. The molecule has 0 unspecified atom stereocenters. The highest BCUT2D eigenvalue weighted by atomic mass is 32.2. The Bertz CT molecular complexity index is 570. The molecule has 0 saturated carbocycles. The van der Waals surface area contributed by atoms with E-state index < -0.39 is 15.6 Å². The van der Waals surface area contributed by atoms with Gasteiger partial charge in [-0.15, -0.1) is 11.8 Å². The predicted molar refractivity (Wildman–Crippen MR) is 87.0 cm³/mol. The van der Waals surface area contributed by atoms with E-state index in [1.807, 2.05) is 38.1 Å². The molecule has 2 rings (SSSR count). The van der Waals surface area contributed by atoms with Gasteiger partial charge in [0, 0.05) is 22.9 Å². The van der Waals surface area contributed by atoms with Crippen LogP contribution in [0, 0.1) is 0 Å². The van der Waals surface area contributed by atoms with Gasteiger partial charge in [-0.05, 0) is 38.1 Å². The van der Waals surface area contributed by atoms with Crippen molar-refractivity contribution in [3.05, 3.63) is 24.3 Å². The van der Waals surface area contributed by atoms with Gasteiger partial charge < -0.3 is 10.5 Å². The molecular formula is C14H22N2O3S2. The molecule has 1 aliphatic rings. The molecule has 1 fully saturated rings. The number of benzene rings is 1. The molecular weight excluding hydrogens is 308 g/mol. The van der Waals surface area contributed by atoms with Crippen LogP contribution >= 0.6 is 11.8 Å². The summed E-state index contributed by atoms with van der Waals surface area (Å²) in [6.45, 7) is 5.14. The number of rotatable bonds is 5. The van der Waals surface area contributed by atoms with Crippen molar-refractivity contribution in [1.29, 1.82) is 0 Å².